The molecule has 1 heterocycles. The Morgan fingerprint density at radius 1 is 1.37 bits per heavy atom. The molecule has 27 heavy (non-hydrogen) atoms. The number of aliphatic imine (C=N–C) groups is 1. The molecule has 0 fully saturated rings. The van der Waals surface area contributed by atoms with Gasteiger partial charge in [-0.25, -0.2) is 9.78 Å². The standard InChI is InChI=1S/C18H33N5O2S.HI/c1-13(23(7)17(24)25-18(3,4)5)8-10-20-16(19-6)21-11-9-15-12-26-14(2)22-15;/h12-13H,8-11H2,1-7H3,(H2,19,20,21);1H. The molecule has 1 unspecified atom stereocenters. The minimum Gasteiger partial charge on any atom is -0.444 e. The van der Waals surface area contributed by atoms with Gasteiger partial charge in [-0.3, -0.25) is 4.99 Å². The smallest absolute Gasteiger partial charge is 0.410 e. The van der Waals surface area contributed by atoms with E-state index in [0.29, 0.717) is 6.54 Å². The number of rotatable bonds is 7. The van der Waals surface area contributed by atoms with Gasteiger partial charge in [0, 0.05) is 45.0 Å². The first-order chi connectivity index (χ1) is 12.1. The molecule has 1 atom stereocenters. The third-order valence-corrected chi connectivity index (χ3v) is 4.58. The van der Waals surface area contributed by atoms with E-state index in [-0.39, 0.29) is 36.1 Å². The molecule has 0 aliphatic rings. The Morgan fingerprint density at radius 2 is 2.00 bits per heavy atom. The van der Waals surface area contributed by atoms with Crippen LogP contribution in [0.2, 0.25) is 0 Å². The van der Waals surface area contributed by atoms with E-state index in [2.05, 4.69) is 26.0 Å². The Kier molecular flexibility index (Phi) is 11.9. The number of aryl methyl sites for hydroxylation is 1. The van der Waals surface area contributed by atoms with Gasteiger partial charge in [0.05, 0.1) is 10.7 Å². The average Bonchev–Trinajstić information content (AvgIpc) is 2.96. The number of guanidine groups is 1. The maximum atomic E-state index is 12.1. The molecule has 0 saturated carbocycles. The molecule has 0 aliphatic carbocycles. The highest BCUT2D eigenvalue weighted by molar-refractivity contribution is 14.0. The lowest BCUT2D eigenvalue weighted by Crippen LogP contribution is -2.43. The molecule has 0 aromatic carbocycles. The maximum Gasteiger partial charge on any atom is 0.410 e. The molecule has 0 aliphatic heterocycles. The first kappa shape index (κ1) is 25.9. The van der Waals surface area contributed by atoms with Crippen molar-refractivity contribution in [1.29, 1.82) is 0 Å². The molecule has 1 amide bonds. The van der Waals surface area contributed by atoms with E-state index < -0.39 is 5.60 Å². The second-order valence-electron chi connectivity index (χ2n) is 7.26. The Morgan fingerprint density at radius 3 is 2.52 bits per heavy atom. The minimum absolute atomic E-state index is 0. The quantitative estimate of drug-likeness (QED) is 0.333. The normalized spacial score (nSPS) is 12.8. The molecule has 0 spiro atoms. The average molecular weight is 511 g/mol. The summed E-state index contributed by atoms with van der Waals surface area (Å²) in [7, 11) is 3.51. The number of carbonyl (C=O) groups is 1. The summed E-state index contributed by atoms with van der Waals surface area (Å²) in [5.41, 5.74) is 0.619. The van der Waals surface area contributed by atoms with Crippen LogP contribution in [0.5, 0.6) is 0 Å². The molecule has 0 bridgehead atoms. The van der Waals surface area contributed by atoms with Gasteiger partial charge in [-0.15, -0.1) is 35.3 Å². The van der Waals surface area contributed by atoms with E-state index in [4.69, 9.17) is 4.74 Å². The number of ether oxygens (including phenoxy) is 1. The van der Waals surface area contributed by atoms with Crippen molar-refractivity contribution in [2.75, 3.05) is 27.2 Å². The second-order valence-corrected chi connectivity index (χ2v) is 8.32. The fourth-order valence-electron chi connectivity index (χ4n) is 2.16. The Bertz CT molecular complexity index is 601. The molecule has 7 nitrogen and oxygen atoms in total. The van der Waals surface area contributed by atoms with Gasteiger partial charge in [0.25, 0.3) is 0 Å². The van der Waals surface area contributed by atoms with Crippen LogP contribution in [0.15, 0.2) is 10.4 Å². The number of thiazole rings is 1. The zero-order valence-electron chi connectivity index (χ0n) is 17.5. The summed E-state index contributed by atoms with van der Waals surface area (Å²) in [5.74, 6) is 0.754. The second kappa shape index (κ2) is 12.4. The summed E-state index contributed by atoms with van der Waals surface area (Å²) >= 11 is 1.67. The monoisotopic (exact) mass is 511 g/mol. The Labute approximate surface area is 184 Å². The number of halogens is 1. The summed E-state index contributed by atoms with van der Waals surface area (Å²) in [6.45, 7) is 11.1. The number of hydrogen-bond donors (Lipinski definition) is 2. The summed E-state index contributed by atoms with van der Waals surface area (Å²) in [6, 6.07) is 0.0634. The fourth-order valence-corrected chi connectivity index (χ4v) is 2.81. The van der Waals surface area contributed by atoms with Crippen molar-refractivity contribution in [2.24, 2.45) is 4.99 Å². The predicted molar refractivity (Wildman–Crippen MR) is 123 cm³/mol. The molecular formula is C18H34IN5O2S. The largest absolute Gasteiger partial charge is 0.444 e. The van der Waals surface area contributed by atoms with E-state index in [1.165, 1.54) is 0 Å². The highest BCUT2D eigenvalue weighted by Crippen LogP contribution is 2.11. The molecule has 1 aromatic heterocycles. The zero-order chi connectivity index (χ0) is 19.7. The number of nitrogens with one attached hydrogen (secondary N) is 2. The van der Waals surface area contributed by atoms with Crippen molar-refractivity contribution in [3.05, 3.63) is 16.1 Å². The van der Waals surface area contributed by atoms with Crippen molar-refractivity contribution >= 4 is 47.4 Å². The summed E-state index contributed by atoms with van der Waals surface area (Å²) in [6.07, 6.45) is 1.36. The third kappa shape index (κ3) is 10.7. The molecule has 1 aromatic rings. The number of aromatic nitrogens is 1. The van der Waals surface area contributed by atoms with Crippen LogP contribution in [0.4, 0.5) is 4.79 Å². The van der Waals surface area contributed by atoms with E-state index in [0.717, 1.165) is 36.0 Å². The molecule has 2 N–H and O–H groups in total. The summed E-state index contributed by atoms with van der Waals surface area (Å²) in [5, 5.41) is 9.73. The van der Waals surface area contributed by atoms with Gasteiger partial charge in [0.1, 0.15) is 5.60 Å². The SMILES string of the molecule is CN=C(NCCc1csc(C)n1)NCCC(C)N(C)C(=O)OC(C)(C)C.I. The van der Waals surface area contributed by atoms with Gasteiger partial charge >= 0.3 is 6.09 Å². The van der Waals surface area contributed by atoms with Crippen LogP contribution in [0.3, 0.4) is 0 Å². The minimum atomic E-state index is -0.481. The molecule has 1 rings (SSSR count). The van der Waals surface area contributed by atoms with Crippen LogP contribution in [0.25, 0.3) is 0 Å². The highest BCUT2D eigenvalue weighted by Gasteiger charge is 2.22. The van der Waals surface area contributed by atoms with E-state index >= 15 is 0 Å². The van der Waals surface area contributed by atoms with Gasteiger partial charge in [0.15, 0.2) is 5.96 Å². The molecule has 0 saturated heterocycles. The van der Waals surface area contributed by atoms with Crippen molar-refractivity contribution < 1.29 is 9.53 Å². The maximum absolute atomic E-state index is 12.1. The Hall–Kier alpha value is -1.10. The topological polar surface area (TPSA) is 78.9 Å². The number of nitrogens with zero attached hydrogens (tertiary/aromatic N) is 3. The van der Waals surface area contributed by atoms with E-state index in [9.17, 15) is 4.79 Å². The number of carbonyl (C=O) groups excluding carboxylic acids is 1. The van der Waals surface area contributed by atoms with Crippen LogP contribution in [0.1, 0.15) is 44.8 Å². The third-order valence-electron chi connectivity index (χ3n) is 3.76. The van der Waals surface area contributed by atoms with Gasteiger partial charge < -0.3 is 20.3 Å². The van der Waals surface area contributed by atoms with Crippen molar-refractivity contribution in [2.45, 2.75) is 59.1 Å². The first-order valence-electron chi connectivity index (χ1n) is 8.93. The summed E-state index contributed by atoms with van der Waals surface area (Å²) in [4.78, 5) is 22.4. The van der Waals surface area contributed by atoms with Crippen molar-refractivity contribution in [3.63, 3.8) is 0 Å². The van der Waals surface area contributed by atoms with Crippen molar-refractivity contribution in [3.8, 4) is 0 Å². The summed E-state index contributed by atoms with van der Waals surface area (Å²) < 4.78 is 5.39. The van der Waals surface area contributed by atoms with Gasteiger partial charge in [-0.05, 0) is 41.0 Å². The van der Waals surface area contributed by atoms with Crippen LogP contribution in [0, 0.1) is 6.92 Å². The molecular weight excluding hydrogens is 477 g/mol. The predicted octanol–water partition coefficient (Wildman–Crippen LogP) is 3.42. The van der Waals surface area contributed by atoms with Crippen LogP contribution in [-0.4, -0.2) is 60.8 Å². The van der Waals surface area contributed by atoms with Gasteiger partial charge in [-0.2, -0.15) is 0 Å². The van der Waals surface area contributed by atoms with Gasteiger partial charge in [0.2, 0.25) is 0 Å². The van der Waals surface area contributed by atoms with Crippen LogP contribution >= 0.6 is 35.3 Å². The van der Waals surface area contributed by atoms with E-state index in [1.807, 2.05) is 34.6 Å². The zero-order valence-corrected chi connectivity index (χ0v) is 20.6. The number of amides is 1. The van der Waals surface area contributed by atoms with E-state index in [1.54, 1.807) is 30.3 Å². The Balaban J connectivity index is 0.00000676. The lowest BCUT2D eigenvalue weighted by atomic mass is 10.2. The lowest BCUT2D eigenvalue weighted by Gasteiger charge is -2.28. The number of hydrogen-bond acceptors (Lipinski definition) is 5. The first-order valence-corrected chi connectivity index (χ1v) is 9.81. The fraction of sp³-hybridized carbons (Fsp3) is 0.722. The van der Waals surface area contributed by atoms with Crippen molar-refractivity contribution in [1.82, 2.24) is 20.5 Å². The van der Waals surface area contributed by atoms with Crippen LogP contribution in [-0.2, 0) is 11.2 Å². The lowest BCUT2D eigenvalue weighted by molar-refractivity contribution is 0.0230. The molecule has 0 radical (unpaired) electrons. The highest BCUT2D eigenvalue weighted by atomic mass is 127. The van der Waals surface area contributed by atoms with Gasteiger partial charge in [-0.1, -0.05) is 0 Å². The molecule has 9 heteroatoms. The molecule has 156 valence electrons. The van der Waals surface area contributed by atoms with Crippen LogP contribution < -0.4 is 10.6 Å².